The minimum absolute atomic E-state index is 0.0370. The van der Waals surface area contributed by atoms with Gasteiger partial charge in [-0.2, -0.15) is 0 Å². The third-order valence-corrected chi connectivity index (χ3v) is 5.54. The van der Waals surface area contributed by atoms with Gasteiger partial charge < -0.3 is 19.5 Å². The maximum atomic E-state index is 6.02. The van der Waals surface area contributed by atoms with E-state index in [2.05, 4.69) is 32.2 Å². The summed E-state index contributed by atoms with van der Waals surface area (Å²) in [5.74, 6) is 2.54. The quantitative estimate of drug-likeness (QED) is 0.685. The van der Waals surface area contributed by atoms with Crippen molar-refractivity contribution in [2.75, 3.05) is 47.0 Å². The monoisotopic (exact) mass is 448 g/mol. The van der Waals surface area contributed by atoms with Crippen LogP contribution in [-0.4, -0.2) is 51.9 Å². The molecule has 28 heavy (non-hydrogen) atoms. The van der Waals surface area contributed by atoms with Crippen LogP contribution in [-0.2, 0) is 0 Å². The highest BCUT2D eigenvalue weighted by atomic mass is 79.9. The van der Waals surface area contributed by atoms with Crippen molar-refractivity contribution in [2.45, 2.75) is 19.4 Å². The summed E-state index contributed by atoms with van der Waals surface area (Å²) < 4.78 is 18.6. The van der Waals surface area contributed by atoms with E-state index in [4.69, 9.17) is 14.2 Å². The highest BCUT2D eigenvalue weighted by Crippen LogP contribution is 2.44. The molecule has 0 bridgehead atoms. The van der Waals surface area contributed by atoms with Crippen LogP contribution in [0.4, 0.5) is 0 Å². The Bertz CT molecular complexity index is 754. The van der Waals surface area contributed by atoms with Crippen molar-refractivity contribution in [1.29, 1.82) is 0 Å². The number of nitrogens with one attached hydrogen (secondary N) is 1. The zero-order valence-electron chi connectivity index (χ0n) is 16.8. The first-order chi connectivity index (χ1) is 13.7. The number of halogens is 1. The zero-order chi connectivity index (χ0) is 19.9. The fourth-order valence-electron chi connectivity index (χ4n) is 3.83. The summed E-state index contributed by atoms with van der Waals surface area (Å²) in [5, 5.41) is 3.50. The van der Waals surface area contributed by atoms with Crippen LogP contribution in [0.5, 0.6) is 17.2 Å². The van der Waals surface area contributed by atoms with Crippen molar-refractivity contribution in [2.24, 2.45) is 0 Å². The van der Waals surface area contributed by atoms with E-state index in [-0.39, 0.29) is 6.04 Å². The molecule has 1 fully saturated rings. The van der Waals surface area contributed by atoms with Crippen LogP contribution >= 0.6 is 15.9 Å². The molecule has 1 heterocycles. The van der Waals surface area contributed by atoms with Crippen LogP contribution in [0, 0.1) is 0 Å². The van der Waals surface area contributed by atoms with E-state index in [1.165, 1.54) is 0 Å². The smallest absolute Gasteiger partial charge is 0.127 e. The van der Waals surface area contributed by atoms with E-state index in [0.717, 1.165) is 65.4 Å². The largest absolute Gasteiger partial charge is 0.496 e. The van der Waals surface area contributed by atoms with Crippen LogP contribution in [0.1, 0.15) is 30.5 Å². The molecule has 0 aromatic heterocycles. The molecular formula is C22H29BrN2O3. The van der Waals surface area contributed by atoms with Gasteiger partial charge in [0.15, 0.2) is 0 Å². The van der Waals surface area contributed by atoms with Gasteiger partial charge in [0, 0.05) is 29.7 Å². The summed E-state index contributed by atoms with van der Waals surface area (Å²) in [7, 11) is 3.42. The van der Waals surface area contributed by atoms with Gasteiger partial charge in [0.1, 0.15) is 17.2 Å². The topological polar surface area (TPSA) is 43.0 Å². The Morgan fingerprint density at radius 3 is 2.46 bits per heavy atom. The fourth-order valence-corrected chi connectivity index (χ4v) is 4.21. The average Bonchev–Trinajstić information content (AvgIpc) is 2.99. The lowest BCUT2D eigenvalue weighted by Gasteiger charge is -2.34. The molecule has 1 unspecified atom stereocenters. The number of nitrogens with zero attached hydrogens (tertiary/aromatic N) is 1. The molecule has 2 aromatic rings. The lowest BCUT2D eigenvalue weighted by atomic mass is 9.94. The number of methoxy groups -OCH3 is 2. The van der Waals surface area contributed by atoms with Gasteiger partial charge in [-0.15, -0.1) is 0 Å². The van der Waals surface area contributed by atoms with Crippen molar-refractivity contribution < 1.29 is 14.2 Å². The minimum atomic E-state index is -0.0370. The molecule has 1 atom stereocenters. The van der Waals surface area contributed by atoms with E-state index in [1.54, 1.807) is 14.2 Å². The molecule has 3 rings (SSSR count). The summed E-state index contributed by atoms with van der Waals surface area (Å²) in [4.78, 5) is 2.49. The third-order valence-electron chi connectivity index (χ3n) is 5.05. The van der Waals surface area contributed by atoms with Gasteiger partial charge in [-0.1, -0.05) is 22.0 Å². The summed E-state index contributed by atoms with van der Waals surface area (Å²) in [6, 6.07) is 12.1. The Labute approximate surface area is 176 Å². The number of hydrogen-bond acceptors (Lipinski definition) is 5. The maximum absolute atomic E-state index is 6.02. The molecule has 152 valence electrons. The molecule has 1 aliphatic rings. The van der Waals surface area contributed by atoms with Gasteiger partial charge in [0.05, 0.1) is 32.4 Å². The van der Waals surface area contributed by atoms with Gasteiger partial charge >= 0.3 is 0 Å². The van der Waals surface area contributed by atoms with Crippen molar-refractivity contribution in [3.05, 3.63) is 52.0 Å². The Hall–Kier alpha value is -1.76. The van der Waals surface area contributed by atoms with Crippen molar-refractivity contribution >= 4 is 15.9 Å². The lowest BCUT2D eigenvalue weighted by molar-refractivity contribution is 0.224. The lowest BCUT2D eigenvalue weighted by Crippen LogP contribution is -2.33. The van der Waals surface area contributed by atoms with Gasteiger partial charge in [-0.05, 0) is 50.2 Å². The molecule has 0 spiro atoms. The summed E-state index contributed by atoms with van der Waals surface area (Å²) in [5.41, 5.74) is 2.15. The maximum Gasteiger partial charge on any atom is 0.127 e. The van der Waals surface area contributed by atoms with Crippen LogP contribution in [0.2, 0.25) is 0 Å². The zero-order valence-corrected chi connectivity index (χ0v) is 18.4. The average molecular weight is 449 g/mol. The predicted octanol–water partition coefficient (Wildman–Crippen LogP) is 4.25. The molecule has 1 saturated heterocycles. The van der Waals surface area contributed by atoms with Gasteiger partial charge in [-0.3, -0.25) is 4.90 Å². The summed E-state index contributed by atoms with van der Waals surface area (Å²) >= 11 is 3.65. The van der Waals surface area contributed by atoms with E-state index in [9.17, 15) is 0 Å². The van der Waals surface area contributed by atoms with Crippen molar-refractivity contribution in [3.63, 3.8) is 0 Å². The van der Waals surface area contributed by atoms with Crippen LogP contribution in [0.15, 0.2) is 40.9 Å². The van der Waals surface area contributed by atoms with E-state index in [0.29, 0.717) is 6.61 Å². The second-order valence-electron chi connectivity index (χ2n) is 6.73. The molecule has 0 amide bonds. The molecule has 0 radical (unpaired) electrons. The predicted molar refractivity (Wildman–Crippen MR) is 116 cm³/mol. The molecule has 0 saturated carbocycles. The van der Waals surface area contributed by atoms with E-state index in [1.807, 2.05) is 37.3 Å². The molecule has 2 aromatic carbocycles. The highest BCUT2D eigenvalue weighted by molar-refractivity contribution is 9.10. The van der Waals surface area contributed by atoms with E-state index < -0.39 is 0 Å². The molecule has 6 heteroatoms. The van der Waals surface area contributed by atoms with Crippen LogP contribution < -0.4 is 19.5 Å². The molecular weight excluding hydrogens is 420 g/mol. The van der Waals surface area contributed by atoms with Gasteiger partial charge in [0.2, 0.25) is 0 Å². The second-order valence-corrected chi connectivity index (χ2v) is 7.65. The van der Waals surface area contributed by atoms with Crippen LogP contribution in [0.25, 0.3) is 0 Å². The molecule has 1 N–H and O–H groups in total. The van der Waals surface area contributed by atoms with E-state index >= 15 is 0 Å². The SMILES string of the molecule is CCOc1ccc(Br)cc1C(c1c(OC)cccc1OC)N1CCCNCC1. The number of benzene rings is 2. The summed E-state index contributed by atoms with van der Waals surface area (Å²) in [6.07, 6.45) is 1.09. The number of rotatable bonds is 7. The van der Waals surface area contributed by atoms with Crippen LogP contribution in [0.3, 0.4) is 0 Å². The Balaban J connectivity index is 2.21. The first-order valence-electron chi connectivity index (χ1n) is 9.77. The number of ether oxygens (including phenoxy) is 3. The van der Waals surface area contributed by atoms with Gasteiger partial charge in [-0.25, -0.2) is 0 Å². The second kappa shape index (κ2) is 10.1. The first-order valence-corrected chi connectivity index (χ1v) is 10.6. The Morgan fingerprint density at radius 1 is 1.04 bits per heavy atom. The van der Waals surface area contributed by atoms with Gasteiger partial charge in [0.25, 0.3) is 0 Å². The minimum Gasteiger partial charge on any atom is -0.496 e. The summed E-state index contributed by atoms with van der Waals surface area (Å²) in [6.45, 7) is 6.53. The van der Waals surface area contributed by atoms with Crippen molar-refractivity contribution in [1.82, 2.24) is 10.2 Å². The highest BCUT2D eigenvalue weighted by Gasteiger charge is 2.31. The molecule has 1 aliphatic heterocycles. The molecule has 5 nitrogen and oxygen atoms in total. The normalized spacial score (nSPS) is 16.3. The Kier molecular flexibility index (Phi) is 7.59. The first kappa shape index (κ1) is 21.0. The molecule has 0 aliphatic carbocycles. The van der Waals surface area contributed by atoms with Crippen molar-refractivity contribution in [3.8, 4) is 17.2 Å². The standard InChI is InChI=1S/C22H29BrN2O3/c1-4-28-18-10-9-16(23)15-17(18)22(25-13-6-11-24-12-14-25)21-19(26-2)7-5-8-20(21)27-3/h5,7-10,15,22,24H,4,6,11-14H2,1-3H3. The number of hydrogen-bond donors (Lipinski definition) is 1. The third kappa shape index (κ3) is 4.62. The Morgan fingerprint density at radius 2 is 1.79 bits per heavy atom. The fraction of sp³-hybridized carbons (Fsp3) is 0.455.